The van der Waals surface area contributed by atoms with Crippen molar-refractivity contribution < 1.29 is 4.74 Å². The lowest BCUT2D eigenvalue weighted by molar-refractivity contribution is 0.0716. The first-order valence-corrected chi connectivity index (χ1v) is 5.85. The Bertz CT molecular complexity index is 159. The zero-order valence-corrected chi connectivity index (χ0v) is 8.80. The molecule has 2 saturated heterocycles. The van der Waals surface area contributed by atoms with Crippen LogP contribution in [0, 0.1) is 0 Å². The monoisotopic (exact) mass is 203 g/mol. The van der Waals surface area contributed by atoms with Crippen LogP contribution < -0.4 is 0 Å². The summed E-state index contributed by atoms with van der Waals surface area (Å²) in [6.45, 7) is 3.29. The van der Waals surface area contributed by atoms with Gasteiger partial charge in [-0.2, -0.15) is 0 Å². The van der Waals surface area contributed by atoms with E-state index in [9.17, 15) is 0 Å². The van der Waals surface area contributed by atoms with E-state index in [0.717, 1.165) is 19.0 Å². The molecule has 2 fully saturated rings. The number of rotatable bonds is 3. The molecule has 0 amide bonds. The lowest BCUT2D eigenvalue weighted by Gasteiger charge is -2.25. The van der Waals surface area contributed by atoms with Crippen molar-refractivity contribution in [1.29, 1.82) is 0 Å². The fourth-order valence-electron chi connectivity index (χ4n) is 2.36. The van der Waals surface area contributed by atoms with E-state index < -0.39 is 0 Å². The molecule has 0 aromatic heterocycles. The molecule has 2 nitrogen and oxygen atoms in total. The van der Waals surface area contributed by atoms with Crippen LogP contribution in [0.2, 0.25) is 0 Å². The van der Waals surface area contributed by atoms with Gasteiger partial charge in [-0.3, -0.25) is 4.90 Å². The van der Waals surface area contributed by atoms with Crippen LogP contribution in [-0.2, 0) is 4.74 Å². The third-order valence-electron chi connectivity index (χ3n) is 3.14. The van der Waals surface area contributed by atoms with Gasteiger partial charge in [0.2, 0.25) is 0 Å². The molecule has 0 saturated carbocycles. The molecule has 2 aliphatic heterocycles. The Balaban J connectivity index is 1.79. The second kappa shape index (κ2) is 4.63. The normalized spacial score (nSPS) is 35.8. The molecule has 0 spiro atoms. The summed E-state index contributed by atoms with van der Waals surface area (Å²) < 4.78 is 5.62. The van der Waals surface area contributed by atoms with E-state index >= 15 is 0 Å². The first-order chi connectivity index (χ1) is 6.40. The molecule has 76 valence electrons. The van der Waals surface area contributed by atoms with E-state index in [1.807, 2.05) is 0 Å². The highest BCUT2D eigenvalue weighted by molar-refractivity contribution is 6.18. The first-order valence-electron chi connectivity index (χ1n) is 5.32. The van der Waals surface area contributed by atoms with Gasteiger partial charge < -0.3 is 4.74 Å². The third-order valence-corrected chi connectivity index (χ3v) is 3.50. The number of likely N-dealkylation sites (tertiary alicyclic amines) is 1. The summed E-state index contributed by atoms with van der Waals surface area (Å²) in [6.07, 6.45) is 5.56. The van der Waals surface area contributed by atoms with Crippen molar-refractivity contribution in [3.63, 3.8) is 0 Å². The van der Waals surface area contributed by atoms with Gasteiger partial charge in [0.1, 0.15) is 0 Å². The highest BCUT2D eigenvalue weighted by Gasteiger charge is 2.27. The van der Waals surface area contributed by atoms with Crippen LogP contribution in [0.4, 0.5) is 0 Å². The fourth-order valence-corrected chi connectivity index (χ4v) is 2.71. The Labute approximate surface area is 85.2 Å². The molecule has 0 aromatic carbocycles. The average molecular weight is 204 g/mol. The minimum atomic E-state index is 0.490. The maximum absolute atomic E-state index is 5.91. The van der Waals surface area contributed by atoms with Crippen molar-refractivity contribution in [2.24, 2.45) is 0 Å². The van der Waals surface area contributed by atoms with E-state index in [-0.39, 0.29) is 0 Å². The van der Waals surface area contributed by atoms with E-state index in [0.29, 0.717) is 12.1 Å². The van der Waals surface area contributed by atoms with E-state index in [1.165, 1.54) is 32.2 Å². The van der Waals surface area contributed by atoms with Crippen molar-refractivity contribution in [2.45, 2.75) is 37.8 Å². The summed E-state index contributed by atoms with van der Waals surface area (Å²) in [5.41, 5.74) is 0. The first kappa shape index (κ1) is 9.75. The Morgan fingerprint density at radius 1 is 1.31 bits per heavy atom. The second-order valence-corrected chi connectivity index (χ2v) is 4.39. The summed E-state index contributed by atoms with van der Waals surface area (Å²) in [4.78, 5) is 2.50. The van der Waals surface area contributed by atoms with Gasteiger partial charge in [-0.1, -0.05) is 0 Å². The maximum Gasteiger partial charge on any atom is 0.0702 e. The van der Waals surface area contributed by atoms with Crippen molar-refractivity contribution in [1.82, 2.24) is 4.90 Å². The number of hydrogen-bond donors (Lipinski definition) is 0. The van der Waals surface area contributed by atoms with Crippen LogP contribution in [-0.4, -0.2) is 42.6 Å². The highest BCUT2D eigenvalue weighted by atomic mass is 35.5. The molecule has 0 aromatic rings. The van der Waals surface area contributed by atoms with Gasteiger partial charge in [-0.15, -0.1) is 11.6 Å². The molecule has 2 aliphatic rings. The lowest BCUT2D eigenvalue weighted by atomic mass is 10.2. The number of ether oxygens (including phenoxy) is 1. The second-order valence-electron chi connectivity index (χ2n) is 4.08. The molecule has 0 N–H and O–H groups in total. The maximum atomic E-state index is 5.91. The zero-order chi connectivity index (χ0) is 9.10. The largest absolute Gasteiger partial charge is 0.377 e. The van der Waals surface area contributed by atoms with Gasteiger partial charge >= 0.3 is 0 Å². The highest BCUT2D eigenvalue weighted by Crippen LogP contribution is 2.21. The van der Waals surface area contributed by atoms with Crippen LogP contribution in [0.1, 0.15) is 25.7 Å². The molecule has 1 unspecified atom stereocenters. The number of halogens is 1. The number of nitrogens with zero attached hydrogens (tertiary/aromatic N) is 1. The van der Waals surface area contributed by atoms with Gasteiger partial charge in [0.15, 0.2) is 0 Å². The van der Waals surface area contributed by atoms with Crippen LogP contribution >= 0.6 is 11.6 Å². The molecule has 2 heterocycles. The van der Waals surface area contributed by atoms with Crippen LogP contribution in [0.5, 0.6) is 0 Å². The van der Waals surface area contributed by atoms with Crippen molar-refractivity contribution >= 4 is 11.6 Å². The standard InChI is InChI=1S/C10H18ClNO/c11-7-9-3-1-5-12(9)8-10-4-2-6-13-10/h9-10H,1-8H2/t9-,10?/m0/s1. The molecular formula is C10H18ClNO. The molecule has 0 aliphatic carbocycles. The summed E-state index contributed by atoms with van der Waals surface area (Å²) in [7, 11) is 0. The topological polar surface area (TPSA) is 12.5 Å². The van der Waals surface area contributed by atoms with Gasteiger partial charge in [0.25, 0.3) is 0 Å². The summed E-state index contributed by atoms with van der Waals surface area (Å²) in [5.74, 6) is 0.784. The fraction of sp³-hybridized carbons (Fsp3) is 1.00. The third kappa shape index (κ3) is 2.36. The van der Waals surface area contributed by atoms with Gasteiger partial charge in [0.05, 0.1) is 6.10 Å². The van der Waals surface area contributed by atoms with Gasteiger partial charge in [-0.25, -0.2) is 0 Å². The Morgan fingerprint density at radius 3 is 2.92 bits per heavy atom. The van der Waals surface area contributed by atoms with E-state index in [2.05, 4.69) is 4.90 Å². The van der Waals surface area contributed by atoms with Gasteiger partial charge in [0, 0.05) is 25.1 Å². The molecule has 2 rings (SSSR count). The summed E-state index contributed by atoms with van der Waals surface area (Å²) in [5, 5.41) is 0. The van der Waals surface area contributed by atoms with Crippen molar-refractivity contribution in [2.75, 3.05) is 25.6 Å². The Morgan fingerprint density at radius 2 is 2.23 bits per heavy atom. The average Bonchev–Trinajstić information content (AvgIpc) is 2.76. The predicted molar refractivity (Wildman–Crippen MR) is 54.3 cm³/mol. The number of hydrogen-bond acceptors (Lipinski definition) is 2. The van der Waals surface area contributed by atoms with Crippen molar-refractivity contribution in [3.8, 4) is 0 Å². The minimum Gasteiger partial charge on any atom is -0.377 e. The van der Waals surface area contributed by atoms with Gasteiger partial charge in [-0.05, 0) is 32.2 Å². The van der Waals surface area contributed by atoms with E-state index in [4.69, 9.17) is 16.3 Å². The molecule has 0 radical (unpaired) electrons. The lowest BCUT2D eigenvalue weighted by Crippen LogP contribution is -2.36. The summed E-state index contributed by atoms with van der Waals surface area (Å²) in [6, 6.07) is 0.617. The molecule has 3 heteroatoms. The Kier molecular flexibility index (Phi) is 3.47. The van der Waals surface area contributed by atoms with E-state index in [1.54, 1.807) is 0 Å². The smallest absolute Gasteiger partial charge is 0.0702 e. The van der Waals surface area contributed by atoms with Crippen LogP contribution in [0.25, 0.3) is 0 Å². The molecule has 13 heavy (non-hydrogen) atoms. The molecule has 2 atom stereocenters. The van der Waals surface area contributed by atoms with Crippen molar-refractivity contribution in [3.05, 3.63) is 0 Å². The predicted octanol–water partition coefficient (Wildman–Crippen LogP) is 1.87. The SMILES string of the molecule is ClC[C@@H]1CCCN1CC1CCCO1. The molecular weight excluding hydrogens is 186 g/mol. The number of alkyl halides is 1. The Hall–Kier alpha value is 0.210. The molecule has 0 bridgehead atoms. The quantitative estimate of drug-likeness (QED) is 0.650. The van der Waals surface area contributed by atoms with Crippen LogP contribution in [0.15, 0.2) is 0 Å². The zero-order valence-electron chi connectivity index (χ0n) is 8.04. The van der Waals surface area contributed by atoms with Crippen LogP contribution in [0.3, 0.4) is 0 Å². The summed E-state index contributed by atoms with van der Waals surface area (Å²) >= 11 is 5.91. The minimum absolute atomic E-state index is 0.490.